The first-order chi connectivity index (χ1) is 9.51. The molecule has 2 aromatic rings. The number of hydrogen-bond donors (Lipinski definition) is 1. The van der Waals surface area contributed by atoms with Crippen LogP contribution in [0.15, 0.2) is 24.4 Å². The Bertz CT molecular complexity index is 639. The normalized spacial score (nSPS) is 10.6. The van der Waals surface area contributed by atoms with Gasteiger partial charge in [0.1, 0.15) is 0 Å². The predicted octanol–water partition coefficient (Wildman–Crippen LogP) is 3.16. The van der Waals surface area contributed by atoms with Crippen LogP contribution in [0.2, 0.25) is 5.02 Å². The minimum absolute atomic E-state index is 0.0174. The van der Waals surface area contributed by atoms with E-state index in [9.17, 15) is 10.1 Å². The summed E-state index contributed by atoms with van der Waals surface area (Å²) < 4.78 is 1.77. The van der Waals surface area contributed by atoms with Crippen molar-refractivity contribution < 1.29 is 4.92 Å². The van der Waals surface area contributed by atoms with Crippen molar-refractivity contribution in [1.82, 2.24) is 9.78 Å². The molecule has 0 bridgehead atoms. The maximum Gasteiger partial charge on any atom is 0.271 e. The van der Waals surface area contributed by atoms with Crippen molar-refractivity contribution in [3.63, 3.8) is 0 Å². The fraction of sp³-hybridized carbons (Fsp3) is 0.308. The quantitative estimate of drug-likeness (QED) is 0.679. The second-order valence-electron chi connectivity index (χ2n) is 4.40. The number of rotatable bonds is 5. The highest BCUT2D eigenvalue weighted by molar-refractivity contribution is 6.33. The molecule has 0 amide bonds. The summed E-state index contributed by atoms with van der Waals surface area (Å²) in [6.45, 7) is 2.62. The molecule has 1 heterocycles. The number of halogens is 1. The average Bonchev–Trinajstić information content (AvgIpc) is 2.77. The second-order valence-corrected chi connectivity index (χ2v) is 4.81. The number of hydrogen-bond acceptors (Lipinski definition) is 4. The Kier molecular flexibility index (Phi) is 4.24. The molecule has 0 unspecified atom stereocenters. The van der Waals surface area contributed by atoms with Gasteiger partial charge in [0, 0.05) is 37.5 Å². The Morgan fingerprint density at radius 2 is 2.25 bits per heavy atom. The van der Waals surface area contributed by atoms with Crippen molar-refractivity contribution >= 4 is 23.0 Å². The standard InChI is InChI=1S/C13H15ClN4O2/c1-3-12-9(8-17(2)16-12)7-15-13-5-4-10(18(19)20)6-11(13)14/h4-6,8,15H,3,7H2,1-2H3. The molecule has 0 atom stereocenters. The average molecular weight is 295 g/mol. The van der Waals surface area contributed by atoms with Crippen LogP contribution in [0, 0.1) is 10.1 Å². The van der Waals surface area contributed by atoms with Gasteiger partial charge in [0.2, 0.25) is 0 Å². The monoisotopic (exact) mass is 294 g/mol. The van der Waals surface area contributed by atoms with Crippen molar-refractivity contribution in [2.45, 2.75) is 19.9 Å². The molecule has 7 heteroatoms. The van der Waals surface area contributed by atoms with E-state index < -0.39 is 4.92 Å². The number of aromatic nitrogens is 2. The zero-order valence-electron chi connectivity index (χ0n) is 11.3. The molecule has 106 valence electrons. The molecule has 2 rings (SSSR count). The van der Waals surface area contributed by atoms with Gasteiger partial charge in [-0.1, -0.05) is 18.5 Å². The summed E-state index contributed by atoms with van der Waals surface area (Å²) in [4.78, 5) is 10.2. The zero-order chi connectivity index (χ0) is 14.7. The number of nitrogens with zero attached hydrogens (tertiary/aromatic N) is 3. The van der Waals surface area contributed by atoms with E-state index in [4.69, 9.17) is 11.6 Å². The number of nitro groups is 1. The summed E-state index contributed by atoms with van der Waals surface area (Å²) in [5.74, 6) is 0. The molecule has 20 heavy (non-hydrogen) atoms. The first-order valence-electron chi connectivity index (χ1n) is 6.20. The largest absolute Gasteiger partial charge is 0.380 e. The third-order valence-electron chi connectivity index (χ3n) is 2.96. The molecule has 0 aliphatic heterocycles. The zero-order valence-corrected chi connectivity index (χ0v) is 12.0. The number of non-ortho nitro benzene ring substituents is 1. The lowest BCUT2D eigenvalue weighted by atomic mass is 10.2. The number of nitrogens with one attached hydrogen (secondary N) is 1. The summed E-state index contributed by atoms with van der Waals surface area (Å²) >= 11 is 6.03. The lowest BCUT2D eigenvalue weighted by Crippen LogP contribution is -2.02. The predicted molar refractivity (Wildman–Crippen MR) is 78.0 cm³/mol. The highest BCUT2D eigenvalue weighted by Crippen LogP contribution is 2.27. The van der Waals surface area contributed by atoms with E-state index in [2.05, 4.69) is 10.4 Å². The van der Waals surface area contributed by atoms with Crippen molar-refractivity contribution in [2.75, 3.05) is 5.32 Å². The molecule has 0 aliphatic carbocycles. The molecule has 1 aromatic heterocycles. The van der Waals surface area contributed by atoms with Gasteiger partial charge in [0.05, 0.1) is 21.3 Å². The first kappa shape index (κ1) is 14.3. The summed E-state index contributed by atoms with van der Waals surface area (Å²) in [6, 6.07) is 4.38. The molecule has 0 aliphatic rings. The molecule has 0 radical (unpaired) electrons. The molecule has 0 spiro atoms. The van der Waals surface area contributed by atoms with Crippen LogP contribution in [0.4, 0.5) is 11.4 Å². The van der Waals surface area contributed by atoms with Gasteiger partial charge in [0.15, 0.2) is 0 Å². The van der Waals surface area contributed by atoms with Crippen molar-refractivity contribution in [2.24, 2.45) is 7.05 Å². The minimum Gasteiger partial charge on any atom is -0.380 e. The highest BCUT2D eigenvalue weighted by Gasteiger charge is 2.10. The van der Waals surface area contributed by atoms with Crippen molar-refractivity contribution in [3.8, 4) is 0 Å². The van der Waals surface area contributed by atoms with E-state index in [0.29, 0.717) is 17.3 Å². The Morgan fingerprint density at radius 1 is 1.50 bits per heavy atom. The molecule has 0 fully saturated rings. The third kappa shape index (κ3) is 3.08. The topological polar surface area (TPSA) is 73.0 Å². The van der Waals surface area contributed by atoms with Crippen LogP contribution >= 0.6 is 11.6 Å². The number of aryl methyl sites for hydroxylation is 2. The maximum absolute atomic E-state index is 10.6. The molecular weight excluding hydrogens is 280 g/mol. The number of nitro benzene ring substituents is 1. The molecule has 1 N–H and O–H groups in total. The van der Waals surface area contributed by atoms with E-state index in [1.54, 1.807) is 10.7 Å². The van der Waals surface area contributed by atoms with Crippen molar-refractivity contribution in [1.29, 1.82) is 0 Å². The van der Waals surface area contributed by atoms with Crippen LogP contribution in [-0.2, 0) is 20.0 Å². The van der Waals surface area contributed by atoms with Crippen LogP contribution in [0.3, 0.4) is 0 Å². The summed E-state index contributed by atoms with van der Waals surface area (Å²) in [5.41, 5.74) is 2.77. The second kappa shape index (κ2) is 5.92. The van der Waals surface area contributed by atoms with Gasteiger partial charge < -0.3 is 5.32 Å². The van der Waals surface area contributed by atoms with Crippen LogP contribution in [-0.4, -0.2) is 14.7 Å². The molecular formula is C13H15ClN4O2. The first-order valence-corrected chi connectivity index (χ1v) is 6.58. The fourth-order valence-corrected chi connectivity index (χ4v) is 2.22. The van der Waals surface area contributed by atoms with Gasteiger partial charge >= 0.3 is 0 Å². The number of benzene rings is 1. The van der Waals surface area contributed by atoms with Crippen molar-refractivity contribution in [3.05, 3.63) is 50.8 Å². The van der Waals surface area contributed by atoms with E-state index >= 15 is 0 Å². The van der Waals surface area contributed by atoms with E-state index in [1.165, 1.54) is 12.1 Å². The fourth-order valence-electron chi connectivity index (χ4n) is 1.98. The van der Waals surface area contributed by atoms with E-state index in [-0.39, 0.29) is 5.69 Å². The summed E-state index contributed by atoms with van der Waals surface area (Å²) in [7, 11) is 1.88. The summed E-state index contributed by atoms with van der Waals surface area (Å²) in [5, 5.41) is 18.5. The smallest absolute Gasteiger partial charge is 0.271 e. The number of anilines is 1. The van der Waals surface area contributed by atoms with Crippen LogP contribution in [0.1, 0.15) is 18.2 Å². The molecule has 6 nitrogen and oxygen atoms in total. The van der Waals surface area contributed by atoms with Gasteiger partial charge in [-0.2, -0.15) is 5.10 Å². The van der Waals surface area contributed by atoms with Gasteiger partial charge in [-0.25, -0.2) is 0 Å². The third-order valence-corrected chi connectivity index (χ3v) is 3.27. The maximum atomic E-state index is 10.6. The van der Waals surface area contributed by atoms with Crippen LogP contribution < -0.4 is 5.32 Å². The molecule has 0 saturated heterocycles. The lowest BCUT2D eigenvalue weighted by Gasteiger charge is -2.07. The molecule has 0 saturated carbocycles. The molecule has 1 aromatic carbocycles. The van der Waals surface area contributed by atoms with Gasteiger partial charge in [-0.05, 0) is 12.5 Å². The minimum atomic E-state index is -0.466. The Labute approximate surface area is 121 Å². The SMILES string of the molecule is CCc1nn(C)cc1CNc1ccc([N+](=O)[O-])cc1Cl. The van der Waals surface area contributed by atoms with Crippen LogP contribution in [0.25, 0.3) is 0 Å². The van der Waals surface area contributed by atoms with Gasteiger partial charge in [0.25, 0.3) is 5.69 Å². The lowest BCUT2D eigenvalue weighted by molar-refractivity contribution is -0.384. The van der Waals surface area contributed by atoms with E-state index in [0.717, 1.165) is 17.7 Å². The van der Waals surface area contributed by atoms with E-state index in [1.807, 2.05) is 20.2 Å². The van der Waals surface area contributed by atoms with Gasteiger partial charge in [-0.15, -0.1) is 0 Å². The summed E-state index contributed by atoms with van der Waals surface area (Å²) in [6.07, 6.45) is 2.80. The Morgan fingerprint density at radius 3 is 2.85 bits per heavy atom. The Balaban J connectivity index is 2.12. The highest BCUT2D eigenvalue weighted by atomic mass is 35.5. The van der Waals surface area contributed by atoms with Gasteiger partial charge in [-0.3, -0.25) is 14.8 Å². The Hall–Kier alpha value is -2.08. The van der Waals surface area contributed by atoms with Crippen LogP contribution in [0.5, 0.6) is 0 Å².